The molecule has 1 heterocycles. The highest BCUT2D eigenvalue weighted by Crippen LogP contribution is 2.68. The summed E-state index contributed by atoms with van der Waals surface area (Å²) in [5.74, 6) is -8.20. The summed E-state index contributed by atoms with van der Waals surface area (Å²) in [4.78, 5) is 79.2. The van der Waals surface area contributed by atoms with Gasteiger partial charge in [0, 0.05) is 57.3 Å². The number of hydrogen-bond donors (Lipinski definition) is 2. The van der Waals surface area contributed by atoms with E-state index in [9.17, 15) is 39.0 Å². The number of rotatable bonds is 8. The Balaban J connectivity index is 1.90. The first-order valence-corrected chi connectivity index (χ1v) is 16.5. The maximum atomic E-state index is 14.1. The van der Waals surface area contributed by atoms with E-state index in [1.165, 1.54) is 19.1 Å². The minimum atomic E-state index is -2.45. The molecule has 1 aromatic carbocycles. The fraction of sp³-hybridized carbons (Fsp3) is 0.611. The smallest absolute Gasteiger partial charge is 0.338 e. The normalized spacial score (nSPS) is 38.8. The minimum Gasteiger partial charge on any atom is -0.466 e. The zero-order valence-corrected chi connectivity index (χ0v) is 29.0. The number of esters is 5. The fourth-order valence-corrected chi connectivity index (χ4v) is 9.14. The summed E-state index contributed by atoms with van der Waals surface area (Å²) in [7, 11) is 0. The topological polar surface area (TPSA) is 198 Å². The summed E-state index contributed by atoms with van der Waals surface area (Å²) in [6.45, 7) is 10.2. The van der Waals surface area contributed by atoms with Crippen molar-refractivity contribution < 1.29 is 67.4 Å². The molecular formula is C36H44O14. The van der Waals surface area contributed by atoms with Crippen molar-refractivity contribution in [2.75, 3.05) is 19.8 Å². The molecule has 4 aliphatic rings. The van der Waals surface area contributed by atoms with E-state index in [4.69, 9.17) is 28.4 Å². The summed E-state index contributed by atoms with van der Waals surface area (Å²) in [6, 6.07) is 7.96. The van der Waals surface area contributed by atoms with Crippen LogP contribution in [0, 0.1) is 28.6 Å². The Morgan fingerprint density at radius 1 is 0.900 bits per heavy atom. The number of carbonyl (C=O) groups excluding carboxylic acids is 6. The zero-order valence-electron chi connectivity index (χ0n) is 29.0. The van der Waals surface area contributed by atoms with Gasteiger partial charge in [0.25, 0.3) is 0 Å². The maximum Gasteiger partial charge on any atom is 0.338 e. The number of benzene rings is 1. The van der Waals surface area contributed by atoms with E-state index in [1.54, 1.807) is 25.1 Å². The summed E-state index contributed by atoms with van der Waals surface area (Å²) in [6.07, 6.45) is -6.89. The molecule has 4 fully saturated rings. The van der Waals surface area contributed by atoms with Gasteiger partial charge >= 0.3 is 29.8 Å². The first kappa shape index (κ1) is 37.1. The zero-order chi connectivity index (χ0) is 37.0. The van der Waals surface area contributed by atoms with Gasteiger partial charge in [-0.15, -0.1) is 0 Å². The first-order valence-electron chi connectivity index (χ1n) is 16.5. The Labute approximate surface area is 289 Å². The largest absolute Gasteiger partial charge is 0.466 e. The Kier molecular flexibility index (Phi) is 9.80. The summed E-state index contributed by atoms with van der Waals surface area (Å²) in [5, 5.41) is 24.8. The van der Waals surface area contributed by atoms with E-state index in [2.05, 4.69) is 6.58 Å². The van der Waals surface area contributed by atoms with Crippen LogP contribution in [0.3, 0.4) is 0 Å². The lowest BCUT2D eigenvalue weighted by Gasteiger charge is -2.65. The van der Waals surface area contributed by atoms with E-state index in [0.29, 0.717) is 0 Å². The summed E-state index contributed by atoms with van der Waals surface area (Å²) in [5.41, 5.74) is -7.67. The molecule has 0 aromatic heterocycles. The van der Waals surface area contributed by atoms with Crippen molar-refractivity contribution in [3.8, 4) is 0 Å². The van der Waals surface area contributed by atoms with Gasteiger partial charge in [0.05, 0.1) is 30.3 Å². The first-order chi connectivity index (χ1) is 23.3. The minimum absolute atomic E-state index is 0.0681. The molecule has 0 spiro atoms. The second kappa shape index (κ2) is 13.2. The van der Waals surface area contributed by atoms with Crippen molar-refractivity contribution in [2.24, 2.45) is 28.6 Å². The Hall–Kier alpha value is -4.14. The molecule has 1 aliphatic heterocycles. The maximum absolute atomic E-state index is 14.1. The third kappa shape index (κ3) is 5.61. The second-order valence-corrected chi connectivity index (χ2v) is 14.2. The van der Waals surface area contributed by atoms with E-state index in [1.807, 2.05) is 0 Å². The van der Waals surface area contributed by atoms with Gasteiger partial charge < -0.3 is 38.6 Å². The number of aliphatic hydroxyl groups is 2. The molecule has 14 heteroatoms. The molecular weight excluding hydrogens is 656 g/mol. The van der Waals surface area contributed by atoms with E-state index >= 15 is 0 Å². The van der Waals surface area contributed by atoms with Crippen molar-refractivity contribution in [1.29, 1.82) is 0 Å². The third-order valence-corrected chi connectivity index (χ3v) is 11.5. The predicted molar refractivity (Wildman–Crippen MR) is 170 cm³/mol. The molecule has 50 heavy (non-hydrogen) atoms. The average Bonchev–Trinajstić information content (AvgIpc) is 3.19. The van der Waals surface area contributed by atoms with Gasteiger partial charge in [-0.25, -0.2) is 4.79 Å². The fourth-order valence-electron chi connectivity index (χ4n) is 9.14. The number of carbonyl (C=O) groups is 6. The molecule has 2 N–H and O–H groups in total. The SMILES string of the molecule is C=C1[C@@H](O)C[C@H](COC(C)=O)[C@@]2(COC(=O)c3ccccc3)[C@@H](OC(C)=O)[C@H](OC(C)=O)[C@]3(O)[C@@]4(C)CO[C@]3(C)C(=O)C[C@H]4[C@@H](OC(C)=O)[C@H]12. The van der Waals surface area contributed by atoms with Crippen LogP contribution in [-0.2, 0) is 52.4 Å². The van der Waals surface area contributed by atoms with Crippen LogP contribution in [-0.4, -0.2) is 101 Å². The Morgan fingerprint density at radius 3 is 2.08 bits per heavy atom. The molecule has 0 amide bonds. The highest BCUT2D eigenvalue weighted by atomic mass is 16.6. The van der Waals surface area contributed by atoms with Gasteiger partial charge in [-0.3, -0.25) is 24.0 Å². The second-order valence-electron chi connectivity index (χ2n) is 14.2. The molecule has 3 aliphatic carbocycles. The van der Waals surface area contributed by atoms with Gasteiger partial charge in [-0.05, 0) is 31.1 Å². The van der Waals surface area contributed by atoms with Crippen LogP contribution in [0.1, 0.15) is 64.7 Å². The van der Waals surface area contributed by atoms with Crippen molar-refractivity contribution in [2.45, 2.75) is 90.0 Å². The van der Waals surface area contributed by atoms with Crippen LogP contribution in [0.5, 0.6) is 0 Å². The lowest BCUT2D eigenvalue weighted by atomic mass is 9.42. The number of fused-ring (bicyclic) bond motifs is 1. The van der Waals surface area contributed by atoms with Crippen LogP contribution in [0.25, 0.3) is 0 Å². The molecule has 272 valence electrons. The Bertz CT molecular complexity index is 1590. The average molecular weight is 701 g/mol. The van der Waals surface area contributed by atoms with Crippen LogP contribution in [0.15, 0.2) is 42.5 Å². The number of ketones is 1. The molecule has 1 aromatic rings. The van der Waals surface area contributed by atoms with Crippen LogP contribution in [0.4, 0.5) is 0 Å². The van der Waals surface area contributed by atoms with Crippen molar-refractivity contribution in [3.63, 3.8) is 0 Å². The van der Waals surface area contributed by atoms with Crippen molar-refractivity contribution in [3.05, 3.63) is 48.0 Å². The number of aliphatic hydroxyl groups excluding tert-OH is 1. The van der Waals surface area contributed by atoms with Gasteiger partial charge in [0.1, 0.15) is 18.3 Å². The summed E-state index contributed by atoms with van der Waals surface area (Å²) < 4.78 is 35.8. The highest BCUT2D eigenvalue weighted by Gasteiger charge is 2.83. The van der Waals surface area contributed by atoms with E-state index < -0.39 is 113 Å². The van der Waals surface area contributed by atoms with Crippen LogP contribution in [0.2, 0.25) is 0 Å². The van der Waals surface area contributed by atoms with Crippen LogP contribution < -0.4 is 0 Å². The Morgan fingerprint density at radius 2 is 1.50 bits per heavy atom. The van der Waals surface area contributed by atoms with Gasteiger partial charge in [-0.1, -0.05) is 31.7 Å². The lowest BCUT2D eigenvalue weighted by molar-refractivity contribution is -0.298. The van der Waals surface area contributed by atoms with E-state index in [0.717, 1.165) is 27.7 Å². The number of hydrogen-bond acceptors (Lipinski definition) is 14. The van der Waals surface area contributed by atoms with Gasteiger partial charge in [0.15, 0.2) is 23.6 Å². The van der Waals surface area contributed by atoms with E-state index in [-0.39, 0.29) is 30.6 Å². The predicted octanol–water partition coefficient (Wildman–Crippen LogP) is 1.87. The number of ether oxygens (including phenoxy) is 6. The molecule has 4 bridgehead atoms. The molecule has 14 nitrogen and oxygen atoms in total. The van der Waals surface area contributed by atoms with Crippen LogP contribution >= 0.6 is 0 Å². The van der Waals surface area contributed by atoms with Gasteiger partial charge in [0.2, 0.25) is 0 Å². The highest BCUT2D eigenvalue weighted by molar-refractivity contribution is 5.91. The molecule has 3 saturated carbocycles. The molecule has 0 radical (unpaired) electrons. The molecule has 11 atom stereocenters. The quantitative estimate of drug-likeness (QED) is 0.226. The number of Topliss-reactive ketones (excluding diaryl/α,β-unsaturated/α-hetero) is 1. The van der Waals surface area contributed by atoms with Crippen molar-refractivity contribution in [1.82, 2.24) is 0 Å². The lowest BCUT2D eigenvalue weighted by Crippen LogP contribution is -2.80. The standard InChI is InChI=1S/C36H44O14/c1-18-26(41)13-24(15-45-19(2)37)35(17-46-32(43)23-11-9-8-10-12-23)28(18)29(48-20(3)38)25-14-27(42)34(7)36(44,33(25,6)16-47-34)31(50-22(5)40)30(35)49-21(4)39/h8-12,24-26,28-31,41,44H,1,13-17H2,2-7H3/t24-,25+,26+,28+,29-,30+,31+,33+,34-,35-,36+/m1/s1. The molecule has 0 unspecified atom stereocenters. The van der Waals surface area contributed by atoms with Crippen molar-refractivity contribution >= 4 is 35.6 Å². The third-order valence-electron chi connectivity index (χ3n) is 11.5. The summed E-state index contributed by atoms with van der Waals surface area (Å²) >= 11 is 0. The molecule has 1 saturated heterocycles. The van der Waals surface area contributed by atoms with Gasteiger partial charge in [-0.2, -0.15) is 0 Å². The monoisotopic (exact) mass is 700 g/mol. The molecule has 5 rings (SSSR count).